The lowest BCUT2D eigenvalue weighted by Gasteiger charge is -2.28. The van der Waals surface area contributed by atoms with Gasteiger partial charge in [-0.3, -0.25) is 14.4 Å². The van der Waals surface area contributed by atoms with Crippen molar-refractivity contribution >= 4 is 17.8 Å². The van der Waals surface area contributed by atoms with Crippen molar-refractivity contribution in [3.8, 4) is 0 Å². The molecular weight excluding hydrogens is 348 g/mol. The molecule has 2 N–H and O–H groups in total. The quantitative estimate of drug-likeness (QED) is 0.711. The van der Waals surface area contributed by atoms with Crippen LogP contribution in [-0.4, -0.2) is 29.9 Å². The summed E-state index contributed by atoms with van der Waals surface area (Å²) in [4.78, 5) is 37.1. The Morgan fingerprint density at radius 1 is 1.22 bits per heavy atom. The van der Waals surface area contributed by atoms with Crippen LogP contribution in [0.3, 0.4) is 0 Å². The van der Waals surface area contributed by atoms with Gasteiger partial charge in [-0.05, 0) is 52.7 Å². The van der Waals surface area contributed by atoms with Crippen molar-refractivity contribution in [2.45, 2.75) is 71.4 Å². The van der Waals surface area contributed by atoms with Gasteiger partial charge in [0.25, 0.3) is 5.91 Å². The highest BCUT2D eigenvalue weighted by Crippen LogP contribution is 2.42. The van der Waals surface area contributed by atoms with Crippen molar-refractivity contribution in [3.05, 3.63) is 24.2 Å². The molecule has 1 aromatic rings. The molecule has 0 radical (unpaired) electrons. The number of nitrogens with one attached hydrogen (secondary N) is 2. The summed E-state index contributed by atoms with van der Waals surface area (Å²) >= 11 is 0. The molecule has 2 rings (SSSR count). The number of ether oxygens (including phenoxy) is 1. The van der Waals surface area contributed by atoms with E-state index < -0.39 is 17.3 Å². The van der Waals surface area contributed by atoms with Crippen LogP contribution in [0.2, 0.25) is 0 Å². The number of rotatable bonds is 7. The Kier molecular flexibility index (Phi) is 6.68. The maximum Gasteiger partial charge on any atom is 0.313 e. The van der Waals surface area contributed by atoms with Gasteiger partial charge in [0.2, 0.25) is 5.91 Å². The number of esters is 1. The van der Waals surface area contributed by atoms with Gasteiger partial charge in [-0.1, -0.05) is 12.8 Å². The van der Waals surface area contributed by atoms with Gasteiger partial charge in [-0.25, -0.2) is 0 Å². The van der Waals surface area contributed by atoms with Crippen molar-refractivity contribution in [3.63, 3.8) is 0 Å². The van der Waals surface area contributed by atoms with E-state index in [0.717, 1.165) is 12.8 Å². The van der Waals surface area contributed by atoms with Gasteiger partial charge in [0.05, 0.1) is 17.7 Å². The highest BCUT2D eigenvalue weighted by Gasteiger charge is 2.44. The number of hydrogen-bond acceptors (Lipinski definition) is 5. The molecular formula is C20H30N2O5. The summed E-state index contributed by atoms with van der Waals surface area (Å²) in [6.07, 6.45) is 4.58. The van der Waals surface area contributed by atoms with Crippen LogP contribution < -0.4 is 10.6 Å². The molecule has 1 aliphatic rings. The Labute approximate surface area is 160 Å². The molecule has 2 amide bonds. The Balaban J connectivity index is 1.89. The van der Waals surface area contributed by atoms with E-state index in [-0.39, 0.29) is 30.5 Å². The van der Waals surface area contributed by atoms with Crippen LogP contribution in [0.15, 0.2) is 22.8 Å². The first-order valence-corrected chi connectivity index (χ1v) is 9.42. The molecule has 0 spiro atoms. The van der Waals surface area contributed by atoms with Gasteiger partial charge >= 0.3 is 5.97 Å². The topological polar surface area (TPSA) is 97.6 Å². The van der Waals surface area contributed by atoms with Gasteiger partial charge < -0.3 is 19.8 Å². The molecule has 1 unspecified atom stereocenters. The molecule has 1 aromatic heterocycles. The Hall–Kier alpha value is -2.31. The standard InChI is InChI=1S/C20H30N2O5/c1-14(15-8-7-11-26-15)21-17(24)13-27-18(25)20(9-5-6-10-20)12-16(23)22-19(2,3)4/h7-8,11,14H,5-6,9-10,12-13H2,1-4H3,(H,21,24)(H,22,23). The second-order valence-electron chi connectivity index (χ2n) is 8.34. The number of amides is 2. The van der Waals surface area contributed by atoms with E-state index in [0.29, 0.717) is 18.6 Å². The van der Waals surface area contributed by atoms with E-state index in [1.54, 1.807) is 19.1 Å². The normalized spacial score (nSPS) is 17.2. The summed E-state index contributed by atoms with van der Waals surface area (Å²) < 4.78 is 10.5. The summed E-state index contributed by atoms with van der Waals surface area (Å²) in [5.41, 5.74) is -1.19. The maximum absolute atomic E-state index is 12.7. The largest absolute Gasteiger partial charge is 0.467 e. The zero-order valence-electron chi connectivity index (χ0n) is 16.6. The van der Waals surface area contributed by atoms with Crippen LogP contribution in [0.1, 0.15) is 71.6 Å². The minimum absolute atomic E-state index is 0.0908. The van der Waals surface area contributed by atoms with Crippen LogP contribution in [0.25, 0.3) is 0 Å². The number of carbonyl (C=O) groups excluding carboxylic acids is 3. The molecule has 1 atom stereocenters. The lowest BCUT2D eigenvalue weighted by atomic mass is 9.82. The average molecular weight is 378 g/mol. The van der Waals surface area contributed by atoms with Gasteiger partial charge in [0.15, 0.2) is 6.61 Å². The first-order chi connectivity index (χ1) is 12.6. The van der Waals surface area contributed by atoms with Gasteiger partial charge in [0.1, 0.15) is 5.76 Å². The fraction of sp³-hybridized carbons (Fsp3) is 0.650. The molecule has 1 fully saturated rings. The van der Waals surface area contributed by atoms with E-state index in [4.69, 9.17) is 9.15 Å². The molecule has 150 valence electrons. The molecule has 7 nitrogen and oxygen atoms in total. The first kappa shape index (κ1) is 21.0. The molecule has 1 aliphatic carbocycles. The Morgan fingerprint density at radius 3 is 2.44 bits per heavy atom. The third-order valence-corrected chi connectivity index (χ3v) is 4.69. The van der Waals surface area contributed by atoms with Gasteiger partial charge in [-0.15, -0.1) is 0 Å². The Morgan fingerprint density at radius 2 is 1.89 bits per heavy atom. The van der Waals surface area contributed by atoms with Crippen molar-refractivity contribution in [2.24, 2.45) is 5.41 Å². The molecule has 0 aromatic carbocycles. The lowest BCUT2D eigenvalue weighted by Crippen LogP contribution is -2.44. The van der Waals surface area contributed by atoms with Crippen LogP contribution in [-0.2, 0) is 19.1 Å². The van der Waals surface area contributed by atoms with E-state index in [1.807, 2.05) is 20.8 Å². The second-order valence-corrected chi connectivity index (χ2v) is 8.34. The minimum atomic E-state index is -0.831. The van der Waals surface area contributed by atoms with Crippen molar-refractivity contribution in [2.75, 3.05) is 6.61 Å². The van der Waals surface area contributed by atoms with E-state index in [1.165, 1.54) is 6.26 Å². The number of furan rings is 1. The van der Waals surface area contributed by atoms with E-state index in [9.17, 15) is 14.4 Å². The fourth-order valence-electron chi connectivity index (χ4n) is 3.45. The van der Waals surface area contributed by atoms with Gasteiger partial charge in [0, 0.05) is 12.0 Å². The number of carbonyl (C=O) groups is 3. The van der Waals surface area contributed by atoms with Crippen molar-refractivity contribution in [1.29, 1.82) is 0 Å². The molecule has 1 heterocycles. The van der Waals surface area contributed by atoms with E-state index in [2.05, 4.69) is 10.6 Å². The SMILES string of the molecule is CC(NC(=O)COC(=O)C1(CC(=O)NC(C)(C)C)CCCC1)c1ccco1. The molecule has 0 saturated heterocycles. The third-order valence-electron chi connectivity index (χ3n) is 4.69. The molecule has 0 aliphatic heterocycles. The van der Waals surface area contributed by atoms with Crippen molar-refractivity contribution < 1.29 is 23.5 Å². The molecule has 7 heteroatoms. The summed E-state index contributed by atoms with van der Waals surface area (Å²) in [7, 11) is 0. The van der Waals surface area contributed by atoms with Crippen LogP contribution in [0.5, 0.6) is 0 Å². The zero-order valence-corrected chi connectivity index (χ0v) is 16.6. The third kappa shape index (κ3) is 6.12. The first-order valence-electron chi connectivity index (χ1n) is 9.42. The Bertz CT molecular complexity index is 654. The van der Waals surface area contributed by atoms with E-state index >= 15 is 0 Å². The lowest BCUT2D eigenvalue weighted by molar-refractivity contribution is -0.160. The minimum Gasteiger partial charge on any atom is -0.467 e. The van der Waals surface area contributed by atoms with Crippen LogP contribution in [0, 0.1) is 5.41 Å². The highest BCUT2D eigenvalue weighted by molar-refractivity contribution is 5.88. The fourth-order valence-corrected chi connectivity index (χ4v) is 3.45. The predicted octanol–water partition coefficient (Wildman–Crippen LogP) is 2.87. The summed E-state index contributed by atoms with van der Waals surface area (Å²) in [5, 5.41) is 5.62. The maximum atomic E-state index is 12.7. The second kappa shape index (κ2) is 8.59. The summed E-state index contributed by atoms with van der Waals surface area (Å²) in [6.45, 7) is 7.11. The van der Waals surface area contributed by atoms with Gasteiger partial charge in [-0.2, -0.15) is 0 Å². The zero-order chi connectivity index (χ0) is 20.1. The highest BCUT2D eigenvalue weighted by atomic mass is 16.5. The van der Waals surface area contributed by atoms with Crippen LogP contribution in [0.4, 0.5) is 0 Å². The number of hydrogen-bond donors (Lipinski definition) is 2. The molecule has 27 heavy (non-hydrogen) atoms. The van der Waals surface area contributed by atoms with Crippen LogP contribution >= 0.6 is 0 Å². The predicted molar refractivity (Wildman–Crippen MR) is 99.6 cm³/mol. The average Bonchev–Trinajstić information content (AvgIpc) is 3.22. The molecule has 0 bridgehead atoms. The summed E-state index contributed by atoms with van der Waals surface area (Å²) in [5.74, 6) is -0.414. The smallest absolute Gasteiger partial charge is 0.313 e. The van der Waals surface area contributed by atoms with Crippen molar-refractivity contribution in [1.82, 2.24) is 10.6 Å². The monoisotopic (exact) mass is 378 g/mol. The molecule has 1 saturated carbocycles. The summed E-state index contributed by atoms with van der Waals surface area (Å²) in [6, 6.07) is 3.19.